The van der Waals surface area contributed by atoms with Crippen molar-refractivity contribution < 1.29 is 0 Å². The Labute approximate surface area is 87.4 Å². The van der Waals surface area contributed by atoms with E-state index in [1.165, 1.54) is 44.5 Å². The minimum atomic E-state index is 0.803. The monoisotopic (exact) mass is 194 g/mol. The Balaban J connectivity index is 2.02. The number of allylic oxidation sites excluding steroid dienone is 1. The lowest BCUT2D eigenvalue weighted by atomic mass is 10.1. The summed E-state index contributed by atoms with van der Waals surface area (Å²) in [6, 6.07) is 1.65. The molecule has 2 nitrogen and oxygen atoms in total. The third kappa shape index (κ3) is 2.01. The molecule has 0 aromatic heterocycles. The highest BCUT2D eigenvalue weighted by Gasteiger charge is 2.34. The molecule has 0 aromatic carbocycles. The van der Waals surface area contributed by atoms with E-state index in [2.05, 4.69) is 30.1 Å². The molecule has 0 aliphatic carbocycles. The van der Waals surface area contributed by atoms with Crippen LogP contribution < -0.4 is 5.32 Å². The van der Waals surface area contributed by atoms with Crippen LogP contribution in [0.25, 0.3) is 0 Å². The number of nitrogens with one attached hydrogen (secondary N) is 1. The molecule has 14 heavy (non-hydrogen) atoms. The van der Waals surface area contributed by atoms with Crippen LogP contribution in [0.4, 0.5) is 0 Å². The SMILES string of the molecule is C/C=C(\C)CN1[C@H]2CCNC[C@@H]1CC2. The van der Waals surface area contributed by atoms with Gasteiger partial charge in [0.25, 0.3) is 0 Å². The van der Waals surface area contributed by atoms with Gasteiger partial charge in [-0.1, -0.05) is 11.6 Å². The lowest BCUT2D eigenvalue weighted by molar-refractivity contribution is 0.220. The summed E-state index contributed by atoms with van der Waals surface area (Å²) in [5.41, 5.74) is 1.52. The van der Waals surface area contributed by atoms with Gasteiger partial charge in [0.1, 0.15) is 0 Å². The normalized spacial score (nSPS) is 34.6. The van der Waals surface area contributed by atoms with Crippen molar-refractivity contribution in [2.45, 2.75) is 45.2 Å². The fourth-order valence-corrected chi connectivity index (χ4v) is 2.72. The van der Waals surface area contributed by atoms with Crippen LogP contribution in [0.2, 0.25) is 0 Å². The summed E-state index contributed by atoms with van der Waals surface area (Å²) < 4.78 is 0. The Morgan fingerprint density at radius 2 is 2.14 bits per heavy atom. The smallest absolute Gasteiger partial charge is 0.0227 e. The maximum absolute atomic E-state index is 3.54. The maximum Gasteiger partial charge on any atom is 0.0227 e. The van der Waals surface area contributed by atoms with Gasteiger partial charge in [-0.25, -0.2) is 0 Å². The van der Waals surface area contributed by atoms with Crippen LogP contribution in [0.15, 0.2) is 11.6 Å². The molecule has 2 heteroatoms. The zero-order valence-electron chi connectivity index (χ0n) is 9.42. The molecule has 2 atom stereocenters. The van der Waals surface area contributed by atoms with Gasteiger partial charge in [0.15, 0.2) is 0 Å². The van der Waals surface area contributed by atoms with Crippen molar-refractivity contribution in [3.05, 3.63) is 11.6 Å². The third-order valence-corrected chi connectivity index (χ3v) is 3.73. The molecule has 0 spiro atoms. The second-order valence-corrected chi connectivity index (χ2v) is 4.69. The van der Waals surface area contributed by atoms with Crippen molar-refractivity contribution in [2.75, 3.05) is 19.6 Å². The summed E-state index contributed by atoms with van der Waals surface area (Å²) in [4.78, 5) is 2.72. The largest absolute Gasteiger partial charge is 0.315 e. The van der Waals surface area contributed by atoms with Crippen LogP contribution in [-0.2, 0) is 0 Å². The molecule has 0 unspecified atom stereocenters. The second kappa shape index (κ2) is 4.45. The van der Waals surface area contributed by atoms with Crippen LogP contribution in [-0.4, -0.2) is 36.6 Å². The zero-order chi connectivity index (χ0) is 9.97. The van der Waals surface area contributed by atoms with Crippen LogP contribution in [0.1, 0.15) is 33.1 Å². The van der Waals surface area contributed by atoms with Crippen molar-refractivity contribution in [2.24, 2.45) is 0 Å². The molecular weight excluding hydrogens is 172 g/mol. The predicted molar refractivity (Wildman–Crippen MR) is 60.4 cm³/mol. The van der Waals surface area contributed by atoms with Gasteiger partial charge in [0.2, 0.25) is 0 Å². The molecule has 2 rings (SSSR count). The summed E-state index contributed by atoms with van der Waals surface area (Å²) in [7, 11) is 0. The summed E-state index contributed by atoms with van der Waals surface area (Å²) in [5, 5.41) is 3.54. The van der Waals surface area contributed by atoms with E-state index in [-0.39, 0.29) is 0 Å². The number of rotatable bonds is 2. The van der Waals surface area contributed by atoms with Gasteiger partial charge in [-0.15, -0.1) is 0 Å². The topological polar surface area (TPSA) is 15.3 Å². The predicted octanol–water partition coefficient (Wildman–Crippen LogP) is 1.78. The van der Waals surface area contributed by atoms with Crippen LogP contribution in [0, 0.1) is 0 Å². The van der Waals surface area contributed by atoms with E-state index in [9.17, 15) is 0 Å². The third-order valence-electron chi connectivity index (χ3n) is 3.73. The lowest BCUT2D eigenvalue weighted by Gasteiger charge is -2.27. The molecule has 2 saturated heterocycles. The van der Waals surface area contributed by atoms with E-state index in [1.807, 2.05) is 0 Å². The molecule has 0 amide bonds. The maximum atomic E-state index is 3.54. The Kier molecular flexibility index (Phi) is 3.24. The molecule has 0 radical (unpaired) electrons. The Hall–Kier alpha value is -0.340. The van der Waals surface area contributed by atoms with Gasteiger partial charge >= 0.3 is 0 Å². The molecule has 2 aliphatic heterocycles. The molecule has 2 bridgehead atoms. The van der Waals surface area contributed by atoms with Crippen LogP contribution in [0.3, 0.4) is 0 Å². The molecule has 0 saturated carbocycles. The Bertz CT molecular complexity index is 208. The first-order chi connectivity index (χ1) is 6.81. The van der Waals surface area contributed by atoms with E-state index >= 15 is 0 Å². The second-order valence-electron chi connectivity index (χ2n) is 4.69. The minimum absolute atomic E-state index is 0.803. The number of hydrogen-bond acceptors (Lipinski definition) is 2. The highest BCUT2D eigenvalue weighted by atomic mass is 15.2. The van der Waals surface area contributed by atoms with E-state index in [1.54, 1.807) is 0 Å². The summed E-state index contributed by atoms with van der Waals surface area (Å²) >= 11 is 0. The first kappa shape index (κ1) is 10.2. The fraction of sp³-hybridized carbons (Fsp3) is 0.833. The van der Waals surface area contributed by atoms with Crippen molar-refractivity contribution in [1.29, 1.82) is 0 Å². The van der Waals surface area contributed by atoms with Gasteiger partial charge < -0.3 is 5.32 Å². The van der Waals surface area contributed by atoms with Gasteiger partial charge in [-0.05, 0) is 39.7 Å². The first-order valence-corrected chi connectivity index (χ1v) is 5.89. The van der Waals surface area contributed by atoms with Crippen molar-refractivity contribution >= 4 is 0 Å². The van der Waals surface area contributed by atoms with Crippen molar-refractivity contribution in [1.82, 2.24) is 10.2 Å². The van der Waals surface area contributed by atoms with Crippen molar-refractivity contribution in [3.8, 4) is 0 Å². The highest BCUT2D eigenvalue weighted by Crippen LogP contribution is 2.28. The lowest BCUT2D eigenvalue weighted by Crippen LogP contribution is -2.38. The summed E-state index contributed by atoms with van der Waals surface area (Å²) in [6.07, 6.45) is 6.41. The molecule has 2 fully saturated rings. The van der Waals surface area contributed by atoms with E-state index < -0.39 is 0 Å². The van der Waals surface area contributed by atoms with Gasteiger partial charge in [0, 0.05) is 25.2 Å². The Morgan fingerprint density at radius 3 is 2.93 bits per heavy atom. The van der Waals surface area contributed by atoms with Gasteiger partial charge in [-0.3, -0.25) is 4.90 Å². The number of nitrogens with zero attached hydrogens (tertiary/aromatic N) is 1. The fourth-order valence-electron chi connectivity index (χ4n) is 2.72. The quantitative estimate of drug-likeness (QED) is 0.674. The molecule has 80 valence electrons. The van der Waals surface area contributed by atoms with Crippen LogP contribution in [0.5, 0.6) is 0 Å². The minimum Gasteiger partial charge on any atom is -0.315 e. The first-order valence-electron chi connectivity index (χ1n) is 5.89. The molecule has 2 aliphatic rings. The molecule has 1 N–H and O–H groups in total. The molecule has 2 heterocycles. The molecule has 0 aromatic rings. The molecular formula is C12H22N2. The summed E-state index contributed by atoms with van der Waals surface area (Å²) in [6.45, 7) is 8.00. The van der Waals surface area contributed by atoms with E-state index in [0.717, 1.165) is 12.1 Å². The Morgan fingerprint density at radius 1 is 1.36 bits per heavy atom. The van der Waals surface area contributed by atoms with Crippen LogP contribution >= 0.6 is 0 Å². The average molecular weight is 194 g/mol. The van der Waals surface area contributed by atoms with Gasteiger partial charge in [0.05, 0.1) is 0 Å². The highest BCUT2D eigenvalue weighted by molar-refractivity contribution is 5.03. The van der Waals surface area contributed by atoms with E-state index in [4.69, 9.17) is 0 Å². The number of fused-ring (bicyclic) bond motifs is 2. The number of hydrogen-bond donors (Lipinski definition) is 1. The van der Waals surface area contributed by atoms with E-state index in [0.29, 0.717) is 0 Å². The zero-order valence-corrected chi connectivity index (χ0v) is 9.42. The van der Waals surface area contributed by atoms with Crippen molar-refractivity contribution in [3.63, 3.8) is 0 Å². The van der Waals surface area contributed by atoms with Gasteiger partial charge in [-0.2, -0.15) is 0 Å². The average Bonchev–Trinajstić information content (AvgIpc) is 2.40. The summed E-state index contributed by atoms with van der Waals surface area (Å²) in [5.74, 6) is 0. The standard InChI is InChI=1S/C12H22N2/c1-3-10(2)9-14-11-4-5-12(14)8-13-7-6-11/h3,11-13H,4-9H2,1-2H3/b10-3+/t11-,12+/m1/s1.